The Morgan fingerprint density at radius 3 is 2.72 bits per heavy atom. The number of fused-ring (bicyclic) bond motifs is 2. The van der Waals surface area contributed by atoms with E-state index in [4.69, 9.17) is 0 Å². The second kappa shape index (κ2) is 7.32. The first kappa shape index (κ1) is 16.8. The van der Waals surface area contributed by atoms with Crippen LogP contribution >= 0.6 is 0 Å². The molecule has 1 aromatic rings. The summed E-state index contributed by atoms with van der Waals surface area (Å²) in [6.45, 7) is 6.46. The van der Waals surface area contributed by atoms with E-state index in [9.17, 15) is 4.79 Å². The van der Waals surface area contributed by atoms with Crippen LogP contribution in [0.3, 0.4) is 0 Å². The zero-order chi connectivity index (χ0) is 17.2. The number of nitrogens with one attached hydrogen (secondary N) is 1. The minimum absolute atomic E-state index is 0.196. The van der Waals surface area contributed by atoms with Crippen molar-refractivity contribution in [2.45, 2.75) is 38.6 Å². The molecular formula is C20H30N4O. The van der Waals surface area contributed by atoms with Crippen LogP contribution in [0, 0.1) is 17.8 Å². The fourth-order valence-corrected chi connectivity index (χ4v) is 5.19. The zero-order valence-electron chi connectivity index (χ0n) is 15.2. The molecule has 3 fully saturated rings. The SMILES string of the molecule is C[C@H](NC(=O)CN1CCN(c2ccccn2)CC1)[C@@H]1C[C@H]2CC[C@H]1C2. The lowest BCUT2D eigenvalue weighted by Gasteiger charge is -2.35. The van der Waals surface area contributed by atoms with E-state index in [1.807, 2.05) is 18.3 Å². The van der Waals surface area contributed by atoms with Gasteiger partial charge in [-0.25, -0.2) is 4.98 Å². The van der Waals surface area contributed by atoms with Crippen LogP contribution in [0.4, 0.5) is 5.82 Å². The number of pyridine rings is 1. The molecule has 1 aliphatic heterocycles. The number of nitrogens with zero attached hydrogens (tertiary/aromatic N) is 3. The average Bonchev–Trinajstić information content (AvgIpc) is 3.26. The minimum Gasteiger partial charge on any atom is -0.354 e. The van der Waals surface area contributed by atoms with Gasteiger partial charge in [-0.3, -0.25) is 9.69 Å². The molecule has 2 aliphatic carbocycles. The fourth-order valence-electron chi connectivity index (χ4n) is 5.19. The number of piperazine rings is 1. The van der Waals surface area contributed by atoms with Gasteiger partial charge in [0.25, 0.3) is 0 Å². The summed E-state index contributed by atoms with van der Waals surface area (Å²) in [4.78, 5) is 21.4. The summed E-state index contributed by atoms with van der Waals surface area (Å²) < 4.78 is 0. The molecule has 0 unspecified atom stereocenters. The lowest BCUT2D eigenvalue weighted by atomic mass is 9.84. The van der Waals surface area contributed by atoms with Crippen molar-refractivity contribution in [3.63, 3.8) is 0 Å². The van der Waals surface area contributed by atoms with Gasteiger partial charge in [0, 0.05) is 38.4 Å². The highest BCUT2D eigenvalue weighted by atomic mass is 16.2. The standard InChI is InChI=1S/C20H30N4O/c1-15(18-13-16-5-6-17(18)12-16)22-20(25)14-23-8-10-24(11-9-23)19-4-2-3-7-21-19/h2-4,7,15-18H,5-6,8-14H2,1H3,(H,22,25)/t15-,16-,17-,18-/m0/s1. The predicted molar refractivity (Wildman–Crippen MR) is 99.4 cm³/mol. The highest BCUT2D eigenvalue weighted by Gasteiger charge is 2.42. The summed E-state index contributed by atoms with van der Waals surface area (Å²) in [6.07, 6.45) is 7.37. The lowest BCUT2D eigenvalue weighted by molar-refractivity contribution is -0.123. The van der Waals surface area contributed by atoms with Crippen molar-refractivity contribution in [3.05, 3.63) is 24.4 Å². The second-order valence-electron chi connectivity index (χ2n) is 8.15. The Morgan fingerprint density at radius 2 is 2.08 bits per heavy atom. The van der Waals surface area contributed by atoms with Crippen molar-refractivity contribution in [2.24, 2.45) is 17.8 Å². The highest BCUT2D eigenvalue weighted by Crippen LogP contribution is 2.49. The summed E-state index contributed by atoms with van der Waals surface area (Å²) >= 11 is 0. The number of carbonyl (C=O) groups excluding carboxylic acids is 1. The van der Waals surface area contributed by atoms with Gasteiger partial charge < -0.3 is 10.2 Å². The van der Waals surface area contributed by atoms with Crippen molar-refractivity contribution in [3.8, 4) is 0 Å². The maximum Gasteiger partial charge on any atom is 0.234 e. The Bertz CT molecular complexity index is 585. The molecule has 5 heteroatoms. The highest BCUT2D eigenvalue weighted by molar-refractivity contribution is 5.78. The molecule has 2 saturated carbocycles. The van der Waals surface area contributed by atoms with E-state index in [1.54, 1.807) is 0 Å². The summed E-state index contributed by atoms with van der Waals surface area (Å²) in [5.74, 6) is 3.75. The van der Waals surface area contributed by atoms with Crippen molar-refractivity contribution < 1.29 is 4.79 Å². The van der Waals surface area contributed by atoms with E-state index in [0.717, 1.165) is 43.8 Å². The van der Waals surface area contributed by atoms with Crippen molar-refractivity contribution in [1.29, 1.82) is 0 Å². The molecule has 1 N–H and O–H groups in total. The monoisotopic (exact) mass is 342 g/mol. The van der Waals surface area contributed by atoms with Gasteiger partial charge >= 0.3 is 0 Å². The topological polar surface area (TPSA) is 48.5 Å². The molecule has 0 radical (unpaired) electrons. The summed E-state index contributed by atoms with van der Waals surface area (Å²) in [5, 5.41) is 3.29. The largest absolute Gasteiger partial charge is 0.354 e. The number of hydrogen-bond acceptors (Lipinski definition) is 4. The lowest BCUT2D eigenvalue weighted by Crippen LogP contribution is -2.51. The van der Waals surface area contributed by atoms with Crippen molar-refractivity contribution >= 4 is 11.7 Å². The van der Waals surface area contributed by atoms with Crippen LogP contribution in [0.5, 0.6) is 0 Å². The van der Waals surface area contributed by atoms with Gasteiger partial charge in [0.1, 0.15) is 5.82 Å². The van der Waals surface area contributed by atoms with E-state index in [0.29, 0.717) is 18.5 Å². The van der Waals surface area contributed by atoms with Gasteiger partial charge in [0.05, 0.1) is 6.54 Å². The normalized spacial score (nSPS) is 30.4. The third-order valence-electron chi connectivity index (χ3n) is 6.54. The molecule has 5 nitrogen and oxygen atoms in total. The van der Waals surface area contributed by atoms with Crippen LogP contribution < -0.4 is 10.2 Å². The number of amides is 1. The van der Waals surface area contributed by atoms with E-state index in [2.05, 4.69) is 33.1 Å². The number of anilines is 1. The van der Waals surface area contributed by atoms with Crippen LogP contribution in [-0.2, 0) is 4.79 Å². The maximum atomic E-state index is 12.5. The summed E-state index contributed by atoms with van der Waals surface area (Å²) in [5.41, 5.74) is 0. The summed E-state index contributed by atoms with van der Waals surface area (Å²) in [6, 6.07) is 6.36. The Balaban J connectivity index is 1.21. The quantitative estimate of drug-likeness (QED) is 0.891. The molecular weight excluding hydrogens is 312 g/mol. The second-order valence-corrected chi connectivity index (χ2v) is 8.15. The van der Waals surface area contributed by atoms with E-state index in [-0.39, 0.29) is 5.91 Å². The zero-order valence-corrected chi connectivity index (χ0v) is 15.2. The Labute approximate surface area is 150 Å². The molecule has 3 aliphatic rings. The fraction of sp³-hybridized carbons (Fsp3) is 0.700. The van der Waals surface area contributed by atoms with E-state index >= 15 is 0 Å². The van der Waals surface area contributed by atoms with Gasteiger partial charge in [-0.1, -0.05) is 12.5 Å². The smallest absolute Gasteiger partial charge is 0.234 e. The summed E-state index contributed by atoms with van der Waals surface area (Å²) in [7, 11) is 0. The van der Waals surface area contributed by atoms with Crippen LogP contribution in [0.15, 0.2) is 24.4 Å². The van der Waals surface area contributed by atoms with Gasteiger partial charge in [-0.05, 0) is 56.1 Å². The molecule has 4 rings (SSSR count). The number of carbonyl (C=O) groups is 1. The average molecular weight is 342 g/mol. The van der Waals surface area contributed by atoms with Gasteiger partial charge in [0.15, 0.2) is 0 Å². The first-order valence-electron chi connectivity index (χ1n) is 9.87. The van der Waals surface area contributed by atoms with E-state index in [1.165, 1.54) is 25.7 Å². The van der Waals surface area contributed by atoms with Crippen LogP contribution in [-0.4, -0.2) is 54.6 Å². The van der Waals surface area contributed by atoms with Crippen molar-refractivity contribution in [1.82, 2.24) is 15.2 Å². The Kier molecular flexibility index (Phi) is 4.93. The molecule has 4 atom stereocenters. The third-order valence-corrected chi connectivity index (χ3v) is 6.54. The van der Waals surface area contributed by atoms with Crippen LogP contribution in [0.25, 0.3) is 0 Å². The molecule has 1 saturated heterocycles. The van der Waals surface area contributed by atoms with E-state index < -0.39 is 0 Å². The molecule has 2 heterocycles. The number of hydrogen-bond donors (Lipinski definition) is 1. The first-order chi connectivity index (χ1) is 12.2. The number of aromatic nitrogens is 1. The van der Waals surface area contributed by atoms with Crippen molar-refractivity contribution in [2.75, 3.05) is 37.6 Å². The molecule has 25 heavy (non-hydrogen) atoms. The molecule has 2 bridgehead atoms. The Morgan fingerprint density at radius 1 is 1.24 bits per heavy atom. The van der Waals surface area contributed by atoms with Gasteiger partial charge in [0.2, 0.25) is 5.91 Å². The molecule has 1 aromatic heterocycles. The molecule has 0 spiro atoms. The molecule has 0 aromatic carbocycles. The van der Waals surface area contributed by atoms with Crippen LogP contribution in [0.2, 0.25) is 0 Å². The Hall–Kier alpha value is -1.62. The third kappa shape index (κ3) is 3.81. The molecule has 1 amide bonds. The predicted octanol–water partition coefficient (Wildman–Crippen LogP) is 2.14. The maximum absolute atomic E-state index is 12.5. The molecule has 136 valence electrons. The van der Waals surface area contributed by atoms with Gasteiger partial charge in [-0.2, -0.15) is 0 Å². The number of rotatable bonds is 5. The van der Waals surface area contributed by atoms with Gasteiger partial charge in [-0.15, -0.1) is 0 Å². The first-order valence-corrected chi connectivity index (χ1v) is 9.87. The van der Waals surface area contributed by atoms with Crippen LogP contribution in [0.1, 0.15) is 32.6 Å². The minimum atomic E-state index is 0.196.